The average molecular weight is 339 g/mol. The van der Waals surface area contributed by atoms with Gasteiger partial charge in [-0.3, -0.25) is 0 Å². The van der Waals surface area contributed by atoms with Crippen LogP contribution in [0.2, 0.25) is 0 Å². The molecule has 4 nitrogen and oxygen atoms in total. The van der Waals surface area contributed by atoms with Crippen molar-refractivity contribution in [3.63, 3.8) is 0 Å². The molecule has 26 heavy (non-hydrogen) atoms. The van der Waals surface area contributed by atoms with Crippen molar-refractivity contribution in [3.8, 4) is 39.7 Å². The third kappa shape index (κ3) is 3.17. The Labute approximate surface area is 152 Å². The maximum atomic E-state index is 5.31. The monoisotopic (exact) mass is 339 g/mol. The highest BCUT2D eigenvalue weighted by molar-refractivity contribution is 5.78. The number of hydrogen-bond acceptors (Lipinski definition) is 4. The zero-order valence-corrected chi connectivity index (χ0v) is 14.3. The average Bonchev–Trinajstić information content (AvgIpc) is 2.74. The Morgan fingerprint density at radius 3 is 1.88 bits per heavy atom. The number of aromatic nitrogens is 3. The number of methoxy groups -OCH3 is 1. The van der Waals surface area contributed by atoms with Gasteiger partial charge in [-0.15, -0.1) is 10.2 Å². The summed E-state index contributed by atoms with van der Waals surface area (Å²) in [5.74, 6) is 1.34. The van der Waals surface area contributed by atoms with Crippen LogP contribution in [0.3, 0.4) is 0 Å². The number of nitrogens with zero attached hydrogens (tertiary/aromatic N) is 3. The molecule has 4 rings (SSSR count). The smallest absolute Gasteiger partial charge is 0.182 e. The molecular formula is C22H17N3O. The topological polar surface area (TPSA) is 47.9 Å². The van der Waals surface area contributed by atoms with Gasteiger partial charge in [0.05, 0.1) is 7.11 Å². The molecule has 0 amide bonds. The lowest BCUT2D eigenvalue weighted by molar-refractivity contribution is 0.415. The van der Waals surface area contributed by atoms with Gasteiger partial charge in [-0.2, -0.15) is 0 Å². The highest BCUT2D eigenvalue weighted by Gasteiger charge is 2.14. The molecular weight excluding hydrogens is 322 g/mol. The third-order valence-electron chi connectivity index (χ3n) is 4.11. The quantitative estimate of drug-likeness (QED) is 0.531. The number of rotatable bonds is 4. The van der Waals surface area contributed by atoms with Crippen molar-refractivity contribution in [2.24, 2.45) is 0 Å². The summed E-state index contributed by atoms with van der Waals surface area (Å²) < 4.78 is 5.31. The molecule has 0 radical (unpaired) electrons. The number of benzene rings is 3. The van der Waals surface area contributed by atoms with Crippen LogP contribution < -0.4 is 4.74 Å². The second-order valence-electron chi connectivity index (χ2n) is 5.80. The second-order valence-corrected chi connectivity index (χ2v) is 5.80. The summed E-state index contributed by atoms with van der Waals surface area (Å²) in [5.41, 5.74) is 4.44. The van der Waals surface area contributed by atoms with E-state index in [0.717, 1.165) is 33.8 Å². The summed E-state index contributed by atoms with van der Waals surface area (Å²) in [5, 5.41) is 8.87. The molecule has 0 aliphatic rings. The molecule has 0 aliphatic heterocycles. The molecule has 1 heterocycles. The number of hydrogen-bond donors (Lipinski definition) is 0. The Balaban J connectivity index is 1.89. The van der Waals surface area contributed by atoms with Gasteiger partial charge in [0, 0.05) is 16.7 Å². The molecule has 0 spiro atoms. The van der Waals surface area contributed by atoms with E-state index in [2.05, 4.69) is 10.2 Å². The molecule has 0 fully saturated rings. The van der Waals surface area contributed by atoms with Crippen molar-refractivity contribution in [3.05, 3.63) is 84.9 Å². The summed E-state index contributed by atoms with van der Waals surface area (Å²) in [7, 11) is 1.64. The van der Waals surface area contributed by atoms with Gasteiger partial charge in [-0.05, 0) is 12.1 Å². The molecule has 1 aromatic heterocycles. The minimum atomic E-state index is 0.572. The summed E-state index contributed by atoms with van der Waals surface area (Å²) in [6.07, 6.45) is 0. The van der Waals surface area contributed by atoms with Crippen molar-refractivity contribution in [1.29, 1.82) is 0 Å². The Morgan fingerprint density at radius 1 is 0.615 bits per heavy atom. The first kappa shape index (κ1) is 16.0. The maximum Gasteiger partial charge on any atom is 0.182 e. The van der Waals surface area contributed by atoms with E-state index in [1.165, 1.54) is 0 Å². The van der Waals surface area contributed by atoms with Crippen LogP contribution in [0.4, 0.5) is 0 Å². The van der Waals surface area contributed by atoms with Crippen LogP contribution in [0.15, 0.2) is 84.9 Å². The van der Waals surface area contributed by atoms with E-state index < -0.39 is 0 Å². The van der Waals surface area contributed by atoms with E-state index in [-0.39, 0.29) is 0 Å². The predicted octanol–water partition coefficient (Wildman–Crippen LogP) is 4.88. The van der Waals surface area contributed by atoms with Crippen molar-refractivity contribution in [2.75, 3.05) is 7.11 Å². The zero-order chi connectivity index (χ0) is 17.8. The fourth-order valence-electron chi connectivity index (χ4n) is 2.80. The lowest BCUT2D eigenvalue weighted by Crippen LogP contribution is -2.00. The van der Waals surface area contributed by atoms with Gasteiger partial charge in [0.15, 0.2) is 5.82 Å². The Bertz CT molecular complexity index is 1020. The second kappa shape index (κ2) is 7.15. The molecule has 0 bridgehead atoms. The molecule has 3 aromatic carbocycles. The van der Waals surface area contributed by atoms with E-state index in [4.69, 9.17) is 9.72 Å². The molecule has 0 unspecified atom stereocenters. The SMILES string of the molecule is COc1cccc(-c2nnc(-c3ccccc3)c(-c3ccccc3)n2)c1. The zero-order valence-electron chi connectivity index (χ0n) is 14.3. The van der Waals surface area contributed by atoms with Crippen LogP contribution >= 0.6 is 0 Å². The minimum absolute atomic E-state index is 0.572. The van der Waals surface area contributed by atoms with Gasteiger partial charge >= 0.3 is 0 Å². The van der Waals surface area contributed by atoms with Crippen LogP contribution in [0.1, 0.15) is 0 Å². The van der Waals surface area contributed by atoms with Crippen LogP contribution in [0, 0.1) is 0 Å². The predicted molar refractivity (Wildman–Crippen MR) is 103 cm³/mol. The number of ether oxygens (including phenoxy) is 1. The molecule has 0 aliphatic carbocycles. The first-order chi connectivity index (χ1) is 12.8. The molecule has 0 saturated carbocycles. The van der Waals surface area contributed by atoms with Gasteiger partial charge in [0.1, 0.15) is 17.1 Å². The Hall–Kier alpha value is -3.53. The third-order valence-corrected chi connectivity index (χ3v) is 4.11. The standard InChI is InChI=1S/C22H17N3O/c1-26-19-14-8-13-18(15-19)22-23-20(16-9-4-2-5-10-16)21(24-25-22)17-11-6-3-7-12-17/h2-15H,1H3. The molecule has 126 valence electrons. The lowest BCUT2D eigenvalue weighted by atomic mass is 10.0. The summed E-state index contributed by atoms with van der Waals surface area (Å²) >= 11 is 0. The van der Waals surface area contributed by atoms with Crippen LogP contribution in [-0.4, -0.2) is 22.3 Å². The first-order valence-electron chi connectivity index (χ1n) is 8.35. The fraction of sp³-hybridized carbons (Fsp3) is 0.0455. The maximum absolute atomic E-state index is 5.31. The fourth-order valence-corrected chi connectivity index (χ4v) is 2.80. The van der Waals surface area contributed by atoms with Crippen molar-refractivity contribution in [2.45, 2.75) is 0 Å². The van der Waals surface area contributed by atoms with Crippen LogP contribution in [0.5, 0.6) is 5.75 Å². The van der Waals surface area contributed by atoms with Crippen molar-refractivity contribution < 1.29 is 4.74 Å². The summed E-state index contributed by atoms with van der Waals surface area (Å²) in [6, 6.07) is 27.7. The van der Waals surface area contributed by atoms with Gasteiger partial charge in [0.2, 0.25) is 0 Å². The van der Waals surface area contributed by atoms with Gasteiger partial charge < -0.3 is 4.74 Å². The Morgan fingerprint density at radius 2 is 1.23 bits per heavy atom. The van der Waals surface area contributed by atoms with Crippen molar-refractivity contribution in [1.82, 2.24) is 15.2 Å². The summed E-state index contributed by atoms with van der Waals surface area (Å²) in [6.45, 7) is 0. The molecule has 0 N–H and O–H groups in total. The van der Waals surface area contributed by atoms with Crippen molar-refractivity contribution >= 4 is 0 Å². The normalized spacial score (nSPS) is 10.5. The van der Waals surface area contributed by atoms with Crippen LogP contribution in [0.25, 0.3) is 33.9 Å². The molecule has 4 heteroatoms. The van der Waals surface area contributed by atoms with E-state index in [9.17, 15) is 0 Å². The molecule has 4 aromatic rings. The van der Waals surface area contributed by atoms with E-state index in [0.29, 0.717) is 5.82 Å². The minimum Gasteiger partial charge on any atom is -0.497 e. The highest BCUT2D eigenvalue weighted by atomic mass is 16.5. The Kier molecular flexibility index (Phi) is 4.39. The van der Waals surface area contributed by atoms with Crippen LogP contribution in [-0.2, 0) is 0 Å². The van der Waals surface area contributed by atoms with Gasteiger partial charge in [0.25, 0.3) is 0 Å². The first-order valence-corrected chi connectivity index (χ1v) is 8.35. The largest absolute Gasteiger partial charge is 0.497 e. The summed E-state index contributed by atoms with van der Waals surface area (Å²) in [4.78, 5) is 4.84. The lowest BCUT2D eigenvalue weighted by Gasteiger charge is -2.10. The molecule has 0 atom stereocenters. The van der Waals surface area contributed by atoms with E-state index >= 15 is 0 Å². The van der Waals surface area contributed by atoms with E-state index in [1.54, 1.807) is 7.11 Å². The van der Waals surface area contributed by atoms with E-state index in [1.807, 2.05) is 84.9 Å². The van der Waals surface area contributed by atoms with Gasteiger partial charge in [-0.25, -0.2) is 4.98 Å². The highest BCUT2D eigenvalue weighted by Crippen LogP contribution is 2.30. The molecule has 0 saturated heterocycles. The van der Waals surface area contributed by atoms with Gasteiger partial charge in [-0.1, -0.05) is 72.8 Å².